The summed E-state index contributed by atoms with van der Waals surface area (Å²) in [5, 5.41) is 9.99. The molecule has 1 atom stereocenters. The number of aliphatic hydroxyl groups is 1. The lowest BCUT2D eigenvalue weighted by atomic mass is 10.0. The Morgan fingerprint density at radius 2 is 1.84 bits per heavy atom. The van der Waals surface area contributed by atoms with Crippen LogP contribution < -0.4 is 4.74 Å². The first-order valence-corrected chi connectivity index (χ1v) is 6.65. The lowest BCUT2D eigenvalue weighted by Crippen LogP contribution is -2.14. The topological polar surface area (TPSA) is 29.5 Å². The highest BCUT2D eigenvalue weighted by atomic mass is 16.5. The van der Waals surface area contributed by atoms with Gasteiger partial charge in [-0.2, -0.15) is 0 Å². The van der Waals surface area contributed by atoms with Gasteiger partial charge in [-0.3, -0.25) is 0 Å². The molecule has 2 heteroatoms. The van der Waals surface area contributed by atoms with Crippen LogP contribution in [0.4, 0.5) is 0 Å². The quantitative estimate of drug-likeness (QED) is 0.858. The first-order chi connectivity index (χ1) is 9.24. The normalized spacial score (nSPS) is 12.1. The predicted molar refractivity (Wildman–Crippen MR) is 77.4 cm³/mol. The Balaban J connectivity index is 1.74. The summed E-state index contributed by atoms with van der Waals surface area (Å²) < 4.78 is 5.58. The van der Waals surface area contributed by atoms with Gasteiger partial charge in [0.05, 0.1) is 12.7 Å². The van der Waals surface area contributed by atoms with Crippen LogP contribution in [-0.2, 0) is 6.42 Å². The van der Waals surface area contributed by atoms with Gasteiger partial charge >= 0.3 is 0 Å². The van der Waals surface area contributed by atoms with E-state index >= 15 is 0 Å². The van der Waals surface area contributed by atoms with Crippen molar-refractivity contribution in [3.05, 3.63) is 65.7 Å². The third-order valence-corrected chi connectivity index (χ3v) is 3.02. The molecule has 0 saturated heterocycles. The molecule has 1 N–H and O–H groups in total. The number of para-hydroxylation sites is 1. The molecule has 1 unspecified atom stereocenters. The monoisotopic (exact) mass is 256 g/mol. The lowest BCUT2D eigenvalue weighted by Gasteiger charge is -2.12. The van der Waals surface area contributed by atoms with Gasteiger partial charge in [0.25, 0.3) is 0 Å². The highest BCUT2D eigenvalue weighted by Crippen LogP contribution is 2.11. The van der Waals surface area contributed by atoms with Crippen molar-refractivity contribution in [2.75, 3.05) is 6.61 Å². The van der Waals surface area contributed by atoms with Crippen molar-refractivity contribution in [1.82, 2.24) is 0 Å². The third kappa shape index (κ3) is 4.76. The molecule has 0 aliphatic rings. The summed E-state index contributed by atoms with van der Waals surface area (Å²) in [5.74, 6) is 0.852. The maximum Gasteiger partial charge on any atom is 0.119 e. The van der Waals surface area contributed by atoms with E-state index in [-0.39, 0.29) is 6.10 Å². The molecule has 0 amide bonds. The molecule has 2 rings (SSSR count). The van der Waals surface area contributed by atoms with Crippen LogP contribution in [0.15, 0.2) is 54.6 Å². The Kier molecular flexibility index (Phi) is 4.99. The lowest BCUT2D eigenvalue weighted by molar-refractivity contribution is 0.139. The van der Waals surface area contributed by atoms with Gasteiger partial charge in [0, 0.05) is 6.42 Å². The highest BCUT2D eigenvalue weighted by molar-refractivity contribution is 5.23. The fourth-order valence-corrected chi connectivity index (χ4v) is 2.04. The number of benzene rings is 2. The molecule has 0 aliphatic heterocycles. The van der Waals surface area contributed by atoms with Crippen LogP contribution in [0, 0.1) is 6.92 Å². The van der Waals surface area contributed by atoms with Gasteiger partial charge in [-0.25, -0.2) is 0 Å². The van der Waals surface area contributed by atoms with Crippen molar-refractivity contribution in [3.63, 3.8) is 0 Å². The van der Waals surface area contributed by atoms with Gasteiger partial charge in [0.2, 0.25) is 0 Å². The summed E-state index contributed by atoms with van der Waals surface area (Å²) in [6.45, 7) is 2.60. The van der Waals surface area contributed by atoms with Gasteiger partial charge in [-0.15, -0.1) is 0 Å². The molecular formula is C17H20O2. The maximum atomic E-state index is 9.99. The van der Waals surface area contributed by atoms with E-state index in [1.54, 1.807) is 0 Å². The van der Waals surface area contributed by atoms with E-state index < -0.39 is 0 Å². The van der Waals surface area contributed by atoms with E-state index in [4.69, 9.17) is 4.74 Å². The summed E-state index contributed by atoms with van der Waals surface area (Å²) in [4.78, 5) is 0. The molecule has 19 heavy (non-hydrogen) atoms. The van der Waals surface area contributed by atoms with Crippen molar-refractivity contribution in [1.29, 1.82) is 0 Å². The first kappa shape index (κ1) is 13.6. The van der Waals surface area contributed by atoms with Gasteiger partial charge in [0.1, 0.15) is 5.75 Å². The summed E-state index contributed by atoms with van der Waals surface area (Å²) in [7, 11) is 0. The molecule has 2 aromatic rings. The molecule has 0 aliphatic carbocycles. The summed E-state index contributed by atoms with van der Waals surface area (Å²) >= 11 is 0. The van der Waals surface area contributed by atoms with Crippen LogP contribution >= 0.6 is 0 Å². The number of rotatable bonds is 6. The number of aryl methyl sites for hydroxylation is 1. The van der Waals surface area contributed by atoms with E-state index in [1.807, 2.05) is 42.5 Å². The maximum absolute atomic E-state index is 9.99. The van der Waals surface area contributed by atoms with Crippen LogP contribution in [0.3, 0.4) is 0 Å². The molecular weight excluding hydrogens is 236 g/mol. The van der Waals surface area contributed by atoms with E-state index in [0.29, 0.717) is 19.4 Å². The van der Waals surface area contributed by atoms with Crippen molar-refractivity contribution in [2.24, 2.45) is 0 Å². The number of aliphatic hydroxyl groups excluding tert-OH is 1. The van der Waals surface area contributed by atoms with Crippen molar-refractivity contribution in [3.8, 4) is 5.75 Å². The second-order valence-corrected chi connectivity index (χ2v) is 4.80. The van der Waals surface area contributed by atoms with Crippen LogP contribution in [0.1, 0.15) is 17.5 Å². The third-order valence-electron chi connectivity index (χ3n) is 3.02. The van der Waals surface area contributed by atoms with Crippen LogP contribution in [0.5, 0.6) is 5.75 Å². The minimum atomic E-state index is -0.356. The van der Waals surface area contributed by atoms with E-state index in [0.717, 1.165) is 5.75 Å². The zero-order valence-electron chi connectivity index (χ0n) is 11.3. The fourth-order valence-electron chi connectivity index (χ4n) is 2.04. The molecule has 0 heterocycles. The van der Waals surface area contributed by atoms with Gasteiger partial charge in [-0.1, -0.05) is 48.0 Å². The van der Waals surface area contributed by atoms with Gasteiger partial charge in [-0.05, 0) is 31.0 Å². The minimum absolute atomic E-state index is 0.356. The average molecular weight is 256 g/mol. The Morgan fingerprint density at radius 1 is 1.05 bits per heavy atom. The SMILES string of the molecule is Cc1cccc(CC(O)CCOc2ccccc2)c1. The van der Waals surface area contributed by atoms with Crippen LogP contribution in [0.2, 0.25) is 0 Å². The number of ether oxygens (including phenoxy) is 1. The molecule has 100 valence electrons. The molecule has 0 saturated carbocycles. The molecule has 0 bridgehead atoms. The van der Waals surface area contributed by atoms with Crippen molar-refractivity contribution in [2.45, 2.75) is 25.9 Å². The molecule has 0 spiro atoms. The Morgan fingerprint density at radius 3 is 2.58 bits per heavy atom. The standard InChI is InChI=1S/C17H20O2/c1-14-6-5-7-15(12-14)13-16(18)10-11-19-17-8-3-2-4-9-17/h2-9,12,16,18H,10-11,13H2,1H3. The average Bonchev–Trinajstić information content (AvgIpc) is 2.40. The molecule has 0 radical (unpaired) electrons. The Hall–Kier alpha value is -1.80. The first-order valence-electron chi connectivity index (χ1n) is 6.65. The minimum Gasteiger partial charge on any atom is -0.493 e. The Bertz CT molecular complexity index is 494. The molecule has 2 nitrogen and oxygen atoms in total. The predicted octanol–water partition coefficient (Wildman–Crippen LogP) is 3.37. The molecule has 0 aromatic heterocycles. The summed E-state index contributed by atoms with van der Waals surface area (Å²) in [5.41, 5.74) is 2.40. The van der Waals surface area contributed by atoms with Gasteiger partial charge < -0.3 is 9.84 Å². The van der Waals surface area contributed by atoms with Crippen LogP contribution in [-0.4, -0.2) is 17.8 Å². The summed E-state index contributed by atoms with van der Waals surface area (Å²) in [6.07, 6.45) is 0.966. The zero-order chi connectivity index (χ0) is 13.5. The van der Waals surface area contributed by atoms with Crippen molar-refractivity contribution < 1.29 is 9.84 Å². The zero-order valence-corrected chi connectivity index (χ0v) is 11.3. The van der Waals surface area contributed by atoms with E-state index in [1.165, 1.54) is 11.1 Å². The van der Waals surface area contributed by atoms with E-state index in [9.17, 15) is 5.11 Å². The molecule has 2 aromatic carbocycles. The number of hydrogen-bond donors (Lipinski definition) is 1. The highest BCUT2D eigenvalue weighted by Gasteiger charge is 2.06. The Labute approximate surface area is 114 Å². The van der Waals surface area contributed by atoms with Crippen molar-refractivity contribution >= 4 is 0 Å². The largest absolute Gasteiger partial charge is 0.493 e. The number of hydrogen-bond acceptors (Lipinski definition) is 2. The smallest absolute Gasteiger partial charge is 0.119 e. The molecule has 0 fully saturated rings. The second-order valence-electron chi connectivity index (χ2n) is 4.80. The second kappa shape index (κ2) is 6.95. The van der Waals surface area contributed by atoms with E-state index in [2.05, 4.69) is 19.1 Å². The fraction of sp³-hybridized carbons (Fsp3) is 0.294. The van der Waals surface area contributed by atoms with Crippen LogP contribution in [0.25, 0.3) is 0 Å². The van der Waals surface area contributed by atoms with Gasteiger partial charge in [0.15, 0.2) is 0 Å². The summed E-state index contributed by atoms with van der Waals surface area (Å²) in [6, 6.07) is 17.9.